The molecule has 2 heterocycles. The average molecular weight is 421 g/mol. The second kappa shape index (κ2) is 7.69. The van der Waals surface area contributed by atoms with Crippen molar-refractivity contribution >= 4 is 12.2 Å². The minimum atomic E-state index is -4.84. The first kappa shape index (κ1) is 21.2. The standard InChI is InChI=1S/C20H18F3N3O4/c1-19(2,3)16-13(24-10-29-16)9-15-18(28)25-14(17(27)26-15)8-11-5-4-6-12(7-11)30-20(21,22)23/h4-10H,1-3H3,(H,25,28)(H,26,27)/b14-8-,15-9-. The first-order valence-electron chi connectivity index (χ1n) is 8.78. The molecule has 158 valence electrons. The van der Waals surface area contributed by atoms with Gasteiger partial charge < -0.3 is 19.1 Å². The normalized spacial score (nSPS) is 13.7. The van der Waals surface area contributed by atoms with Gasteiger partial charge in [0, 0.05) is 5.41 Å². The lowest BCUT2D eigenvalue weighted by Gasteiger charge is -2.14. The van der Waals surface area contributed by atoms with Gasteiger partial charge in [-0.1, -0.05) is 32.9 Å². The van der Waals surface area contributed by atoms with E-state index in [0.717, 1.165) is 12.1 Å². The second-order valence-corrected chi connectivity index (χ2v) is 7.46. The molecule has 0 aliphatic heterocycles. The Morgan fingerprint density at radius 1 is 1.03 bits per heavy atom. The fraction of sp³-hybridized carbons (Fsp3) is 0.250. The molecule has 2 N–H and O–H groups in total. The molecule has 0 saturated heterocycles. The van der Waals surface area contributed by atoms with E-state index in [9.17, 15) is 22.8 Å². The van der Waals surface area contributed by atoms with Crippen LogP contribution in [-0.2, 0) is 5.41 Å². The Labute approximate surface area is 167 Å². The van der Waals surface area contributed by atoms with Crippen LogP contribution in [0.2, 0.25) is 0 Å². The Morgan fingerprint density at radius 3 is 2.27 bits per heavy atom. The Hall–Kier alpha value is -3.56. The van der Waals surface area contributed by atoms with Crippen molar-refractivity contribution < 1.29 is 22.3 Å². The summed E-state index contributed by atoms with van der Waals surface area (Å²) in [5, 5.41) is -0.164. The van der Waals surface area contributed by atoms with Gasteiger partial charge in [0.05, 0.1) is 0 Å². The highest BCUT2D eigenvalue weighted by Gasteiger charge is 2.31. The highest BCUT2D eigenvalue weighted by Crippen LogP contribution is 2.25. The van der Waals surface area contributed by atoms with Crippen molar-refractivity contribution in [1.29, 1.82) is 0 Å². The van der Waals surface area contributed by atoms with Crippen molar-refractivity contribution in [3.05, 3.63) is 79.1 Å². The number of hydrogen-bond acceptors (Lipinski definition) is 5. The number of halogens is 3. The molecular formula is C20H18F3N3O4. The molecule has 0 bridgehead atoms. The number of rotatable bonds is 3. The average Bonchev–Trinajstić information content (AvgIpc) is 3.07. The predicted molar refractivity (Wildman–Crippen MR) is 102 cm³/mol. The first-order valence-corrected chi connectivity index (χ1v) is 8.78. The van der Waals surface area contributed by atoms with Gasteiger partial charge >= 0.3 is 6.36 Å². The number of nitrogens with zero attached hydrogens (tertiary/aromatic N) is 1. The van der Waals surface area contributed by atoms with Crippen LogP contribution in [0.3, 0.4) is 0 Å². The van der Waals surface area contributed by atoms with E-state index >= 15 is 0 Å². The van der Waals surface area contributed by atoms with Crippen molar-refractivity contribution in [2.45, 2.75) is 32.5 Å². The van der Waals surface area contributed by atoms with E-state index in [1.54, 1.807) is 0 Å². The van der Waals surface area contributed by atoms with Gasteiger partial charge in [-0.05, 0) is 29.8 Å². The van der Waals surface area contributed by atoms with Crippen LogP contribution in [0, 0.1) is 0 Å². The third-order valence-corrected chi connectivity index (χ3v) is 3.95. The van der Waals surface area contributed by atoms with E-state index in [0.29, 0.717) is 11.5 Å². The zero-order valence-electron chi connectivity index (χ0n) is 16.3. The maximum atomic E-state index is 12.4. The molecule has 0 spiro atoms. The summed E-state index contributed by atoms with van der Waals surface area (Å²) < 4.78 is 46.3. The summed E-state index contributed by atoms with van der Waals surface area (Å²) in [5.41, 5.74) is -0.971. The summed E-state index contributed by atoms with van der Waals surface area (Å²) in [4.78, 5) is 33.7. The highest BCUT2D eigenvalue weighted by molar-refractivity contribution is 5.51. The third kappa shape index (κ3) is 5.07. The Kier molecular flexibility index (Phi) is 5.43. The summed E-state index contributed by atoms with van der Waals surface area (Å²) in [5.74, 6) is 0.0978. The van der Waals surface area contributed by atoms with Gasteiger partial charge in [0.1, 0.15) is 27.9 Å². The molecule has 0 radical (unpaired) electrons. The highest BCUT2D eigenvalue weighted by atomic mass is 19.4. The van der Waals surface area contributed by atoms with E-state index in [-0.39, 0.29) is 21.7 Å². The van der Waals surface area contributed by atoms with Crippen LogP contribution in [-0.4, -0.2) is 21.3 Å². The van der Waals surface area contributed by atoms with Gasteiger partial charge in [-0.25, -0.2) is 4.98 Å². The number of oxazole rings is 1. The molecule has 7 nitrogen and oxygen atoms in total. The number of benzene rings is 1. The van der Waals surface area contributed by atoms with Crippen molar-refractivity contribution in [3.8, 4) is 5.75 Å². The molecule has 3 aromatic rings. The number of H-pyrrole nitrogens is 2. The number of hydrogen-bond donors (Lipinski definition) is 2. The van der Waals surface area contributed by atoms with Crippen molar-refractivity contribution in [3.63, 3.8) is 0 Å². The Balaban J connectivity index is 2.05. The third-order valence-electron chi connectivity index (χ3n) is 3.95. The minimum absolute atomic E-state index is 0.0364. The lowest BCUT2D eigenvalue weighted by Crippen LogP contribution is -2.46. The number of nitrogens with one attached hydrogen (secondary N) is 2. The lowest BCUT2D eigenvalue weighted by atomic mass is 9.92. The molecule has 10 heteroatoms. The molecule has 0 atom stereocenters. The second-order valence-electron chi connectivity index (χ2n) is 7.46. The van der Waals surface area contributed by atoms with Crippen LogP contribution in [0.25, 0.3) is 12.2 Å². The smallest absolute Gasteiger partial charge is 0.447 e. The van der Waals surface area contributed by atoms with Gasteiger partial charge in [-0.15, -0.1) is 13.2 Å². The van der Waals surface area contributed by atoms with Crippen LogP contribution in [0.4, 0.5) is 13.2 Å². The minimum Gasteiger partial charge on any atom is -0.447 e. The number of alkyl halides is 3. The van der Waals surface area contributed by atoms with Gasteiger partial charge in [0.2, 0.25) is 0 Å². The number of aromatic nitrogens is 3. The lowest BCUT2D eigenvalue weighted by molar-refractivity contribution is -0.274. The van der Waals surface area contributed by atoms with E-state index in [2.05, 4.69) is 19.7 Å². The molecule has 2 aromatic heterocycles. The van der Waals surface area contributed by atoms with Gasteiger partial charge in [0.15, 0.2) is 6.39 Å². The largest absolute Gasteiger partial charge is 0.573 e. The summed E-state index contributed by atoms with van der Waals surface area (Å²) in [6.45, 7) is 5.73. The summed E-state index contributed by atoms with van der Waals surface area (Å²) in [6.07, 6.45) is -0.957. The summed E-state index contributed by atoms with van der Waals surface area (Å²) in [7, 11) is 0. The molecule has 0 amide bonds. The van der Waals surface area contributed by atoms with Gasteiger partial charge in [0.25, 0.3) is 11.1 Å². The van der Waals surface area contributed by atoms with Crippen LogP contribution in [0.5, 0.6) is 5.75 Å². The molecule has 30 heavy (non-hydrogen) atoms. The van der Waals surface area contributed by atoms with E-state index in [1.165, 1.54) is 30.7 Å². The van der Waals surface area contributed by atoms with Gasteiger partial charge in [-0.3, -0.25) is 9.59 Å². The monoisotopic (exact) mass is 421 g/mol. The van der Waals surface area contributed by atoms with Crippen LogP contribution >= 0.6 is 0 Å². The fourth-order valence-electron chi connectivity index (χ4n) is 2.72. The number of ether oxygens (including phenoxy) is 1. The molecule has 1 aromatic carbocycles. The van der Waals surface area contributed by atoms with Crippen LogP contribution < -0.4 is 26.6 Å². The SMILES string of the molecule is CC(C)(C)c1ocnc1/C=c1\[nH]c(=O)/c(=C/c2cccc(OC(F)(F)F)c2)[nH]c1=O. The maximum Gasteiger partial charge on any atom is 0.573 e. The molecule has 0 aliphatic carbocycles. The Bertz CT molecular complexity index is 1290. The number of aromatic amines is 2. The summed E-state index contributed by atoms with van der Waals surface area (Å²) in [6, 6.07) is 5.02. The zero-order chi connectivity index (χ0) is 22.1. The van der Waals surface area contributed by atoms with E-state index in [1.807, 2.05) is 20.8 Å². The maximum absolute atomic E-state index is 12.4. The molecule has 0 saturated carbocycles. The van der Waals surface area contributed by atoms with Crippen molar-refractivity contribution in [2.24, 2.45) is 0 Å². The van der Waals surface area contributed by atoms with Gasteiger partial charge in [-0.2, -0.15) is 0 Å². The first-order chi connectivity index (χ1) is 13.9. The molecule has 0 unspecified atom stereocenters. The van der Waals surface area contributed by atoms with Crippen LogP contribution in [0.15, 0.2) is 44.7 Å². The molecule has 0 aliphatic rings. The predicted octanol–water partition coefficient (Wildman–Crippen LogP) is 1.90. The fourth-order valence-corrected chi connectivity index (χ4v) is 2.72. The summed E-state index contributed by atoms with van der Waals surface area (Å²) >= 11 is 0. The topological polar surface area (TPSA) is 101 Å². The van der Waals surface area contributed by atoms with Crippen molar-refractivity contribution in [1.82, 2.24) is 15.0 Å². The quantitative estimate of drug-likeness (QED) is 0.673. The molecule has 0 fully saturated rings. The Morgan fingerprint density at radius 2 is 1.67 bits per heavy atom. The van der Waals surface area contributed by atoms with E-state index in [4.69, 9.17) is 4.42 Å². The van der Waals surface area contributed by atoms with E-state index < -0.39 is 23.2 Å². The molecule has 3 rings (SSSR count). The molecular weight excluding hydrogens is 403 g/mol. The van der Waals surface area contributed by atoms with Crippen molar-refractivity contribution in [2.75, 3.05) is 0 Å². The zero-order valence-corrected chi connectivity index (χ0v) is 16.3. The van der Waals surface area contributed by atoms with Crippen LogP contribution in [0.1, 0.15) is 37.8 Å².